The number of halogens is 1. The lowest BCUT2D eigenvalue weighted by atomic mass is 9.47. The molecule has 0 bridgehead atoms. The van der Waals surface area contributed by atoms with Gasteiger partial charge in [-0.15, -0.1) is 0 Å². The Morgan fingerprint density at radius 1 is 1.19 bits per heavy atom. The van der Waals surface area contributed by atoms with E-state index in [1.165, 1.54) is 37.7 Å². The molecule has 0 aromatic heterocycles. The summed E-state index contributed by atoms with van der Waals surface area (Å²) in [5.74, 6) is 1.27. The maximum absolute atomic E-state index is 14.1. The summed E-state index contributed by atoms with van der Waals surface area (Å²) in [5.41, 5.74) is 1.94. The van der Waals surface area contributed by atoms with Crippen LogP contribution in [0.4, 0.5) is 4.39 Å². The highest BCUT2D eigenvalue weighted by molar-refractivity contribution is 5.26. The highest BCUT2D eigenvalue weighted by Gasteiger charge is 2.59. The monoisotopic (exact) mass is 292 g/mol. The van der Waals surface area contributed by atoms with E-state index in [2.05, 4.69) is 19.9 Å². The summed E-state index contributed by atoms with van der Waals surface area (Å²) in [6, 6.07) is 0. The molecule has 21 heavy (non-hydrogen) atoms. The van der Waals surface area contributed by atoms with Gasteiger partial charge >= 0.3 is 0 Å². The van der Waals surface area contributed by atoms with Gasteiger partial charge in [-0.3, -0.25) is 0 Å². The molecule has 2 unspecified atom stereocenters. The third kappa shape index (κ3) is 1.90. The zero-order chi connectivity index (χ0) is 14.8. The van der Waals surface area contributed by atoms with E-state index >= 15 is 0 Å². The van der Waals surface area contributed by atoms with Crippen molar-refractivity contribution >= 4 is 0 Å². The molecule has 0 aromatic carbocycles. The molecule has 0 aromatic rings. The van der Waals surface area contributed by atoms with E-state index < -0.39 is 6.17 Å². The number of rotatable bonds is 0. The molecule has 3 fully saturated rings. The topological polar surface area (TPSA) is 20.2 Å². The molecule has 4 rings (SSSR count). The van der Waals surface area contributed by atoms with Crippen molar-refractivity contribution in [2.24, 2.45) is 28.6 Å². The molecule has 1 N–H and O–H groups in total. The molecule has 0 amide bonds. The zero-order valence-corrected chi connectivity index (χ0v) is 13.4. The molecule has 2 heteroatoms. The van der Waals surface area contributed by atoms with Crippen LogP contribution in [0, 0.1) is 28.6 Å². The average Bonchev–Trinajstić information content (AvgIpc) is 2.73. The van der Waals surface area contributed by atoms with Crippen molar-refractivity contribution in [1.29, 1.82) is 0 Å². The first-order valence-corrected chi connectivity index (χ1v) is 8.97. The van der Waals surface area contributed by atoms with Crippen LogP contribution in [-0.4, -0.2) is 17.4 Å². The van der Waals surface area contributed by atoms with Crippen molar-refractivity contribution in [1.82, 2.24) is 0 Å². The second-order valence-corrected chi connectivity index (χ2v) is 8.83. The summed E-state index contributed by atoms with van der Waals surface area (Å²) in [5, 5.41) is 10.8. The fraction of sp³-hybridized carbons (Fsp3) is 0.895. The summed E-state index contributed by atoms with van der Waals surface area (Å²) in [4.78, 5) is 0. The van der Waals surface area contributed by atoms with Crippen LogP contribution in [-0.2, 0) is 0 Å². The van der Waals surface area contributed by atoms with E-state index in [9.17, 15) is 9.50 Å². The minimum absolute atomic E-state index is 0.137. The summed E-state index contributed by atoms with van der Waals surface area (Å²) in [6.07, 6.45) is 10.0. The van der Waals surface area contributed by atoms with E-state index in [0.717, 1.165) is 12.8 Å². The number of hydrogen-bond donors (Lipinski definition) is 1. The Labute approximate surface area is 128 Å². The van der Waals surface area contributed by atoms with E-state index in [-0.39, 0.29) is 16.9 Å². The number of fused-ring (bicyclic) bond motifs is 5. The first-order valence-electron chi connectivity index (χ1n) is 8.97. The molecular weight excluding hydrogens is 263 g/mol. The zero-order valence-electron chi connectivity index (χ0n) is 13.4. The highest BCUT2D eigenvalue weighted by Crippen LogP contribution is 2.65. The van der Waals surface area contributed by atoms with Gasteiger partial charge in [0.1, 0.15) is 6.17 Å². The Kier molecular flexibility index (Phi) is 3.10. The van der Waals surface area contributed by atoms with Crippen LogP contribution >= 0.6 is 0 Å². The third-order valence-electron chi connectivity index (χ3n) is 7.76. The lowest BCUT2D eigenvalue weighted by Gasteiger charge is -2.58. The van der Waals surface area contributed by atoms with E-state index in [4.69, 9.17) is 0 Å². The second kappa shape index (κ2) is 4.57. The van der Waals surface area contributed by atoms with Crippen LogP contribution in [0.15, 0.2) is 11.6 Å². The predicted molar refractivity (Wildman–Crippen MR) is 82.6 cm³/mol. The van der Waals surface area contributed by atoms with Gasteiger partial charge in [0.25, 0.3) is 0 Å². The molecule has 0 aliphatic heterocycles. The highest BCUT2D eigenvalue weighted by atomic mass is 19.1. The van der Waals surface area contributed by atoms with Gasteiger partial charge in [-0.1, -0.05) is 31.9 Å². The van der Waals surface area contributed by atoms with Crippen molar-refractivity contribution < 1.29 is 9.50 Å². The standard InChI is InChI=1S/C19H29FO/c1-18-8-6-14-17(15(18)10-13(20)11-18)16(21)9-12-5-3-4-7-19(12,14)2/h9,13-17,21H,3-8,10-11H2,1-2H3/t13?,14-,15+,16?,17-,18-,19+/m1/s1. The first kappa shape index (κ1) is 14.2. The lowest BCUT2D eigenvalue weighted by Crippen LogP contribution is -2.52. The molecule has 0 heterocycles. The molecule has 4 aliphatic rings. The van der Waals surface area contributed by atoms with Crippen molar-refractivity contribution in [3.63, 3.8) is 0 Å². The number of aliphatic hydroxyl groups excluding tert-OH is 1. The Morgan fingerprint density at radius 3 is 2.81 bits per heavy atom. The fourth-order valence-corrected chi connectivity index (χ4v) is 6.66. The maximum atomic E-state index is 14.1. The summed E-state index contributed by atoms with van der Waals surface area (Å²) in [6.45, 7) is 4.72. The van der Waals surface area contributed by atoms with Gasteiger partial charge < -0.3 is 5.11 Å². The first-order chi connectivity index (χ1) is 9.94. The quantitative estimate of drug-likeness (QED) is 0.644. The largest absolute Gasteiger partial charge is 0.389 e. The predicted octanol–water partition coefficient (Wildman–Crippen LogP) is 4.65. The minimum atomic E-state index is -0.643. The SMILES string of the molecule is C[C@]12CC[C@@H]3[C@@H](C(O)C=C4CCCC[C@@]43C)[C@@H]1CC(F)C2. The Bertz CT molecular complexity index is 472. The molecule has 118 valence electrons. The van der Waals surface area contributed by atoms with Gasteiger partial charge in [0.2, 0.25) is 0 Å². The Morgan fingerprint density at radius 2 is 2.00 bits per heavy atom. The molecule has 4 aliphatic carbocycles. The number of allylic oxidation sites excluding steroid dienone is 1. The van der Waals surface area contributed by atoms with Crippen molar-refractivity contribution in [3.8, 4) is 0 Å². The van der Waals surface area contributed by atoms with Gasteiger partial charge in [-0.2, -0.15) is 0 Å². The van der Waals surface area contributed by atoms with Crippen molar-refractivity contribution in [3.05, 3.63) is 11.6 Å². The van der Waals surface area contributed by atoms with Gasteiger partial charge in [0.05, 0.1) is 6.10 Å². The number of alkyl halides is 1. The molecule has 7 atom stereocenters. The average molecular weight is 292 g/mol. The maximum Gasteiger partial charge on any atom is 0.101 e. The van der Waals surface area contributed by atoms with E-state index in [1.807, 2.05) is 0 Å². The summed E-state index contributed by atoms with van der Waals surface area (Å²) < 4.78 is 14.1. The van der Waals surface area contributed by atoms with Crippen LogP contribution in [0.3, 0.4) is 0 Å². The second-order valence-electron chi connectivity index (χ2n) is 8.83. The molecule has 3 saturated carbocycles. The fourth-order valence-electron chi connectivity index (χ4n) is 6.66. The van der Waals surface area contributed by atoms with E-state index in [1.54, 1.807) is 0 Å². The van der Waals surface area contributed by atoms with E-state index in [0.29, 0.717) is 24.2 Å². The molecule has 0 radical (unpaired) electrons. The van der Waals surface area contributed by atoms with Gasteiger partial charge in [0, 0.05) is 0 Å². The van der Waals surface area contributed by atoms with Gasteiger partial charge in [-0.25, -0.2) is 4.39 Å². The summed E-state index contributed by atoms with van der Waals surface area (Å²) >= 11 is 0. The van der Waals surface area contributed by atoms with Gasteiger partial charge in [0.15, 0.2) is 0 Å². The van der Waals surface area contributed by atoms with Crippen LogP contribution in [0.2, 0.25) is 0 Å². The van der Waals surface area contributed by atoms with Crippen molar-refractivity contribution in [2.75, 3.05) is 0 Å². The Balaban J connectivity index is 1.74. The third-order valence-corrected chi connectivity index (χ3v) is 7.76. The lowest BCUT2D eigenvalue weighted by molar-refractivity contribution is -0.0762. The van der Waals surface area contributed by atoms with Crippen LogP contribution in [0.5, 0.6) is 0 Å². The smallest absolute Gasteiger partial charge is 0.101 e. The van der Waals surface area contributed by atoms with Crippen LogP contribution in [0.1, 0.15) is 65.2 Å². The van der Waals surface area contributed by atoms with Crippen LogP contribution in [0.25, 0.3) is 0 Å². The molecule has 0 saturated heterocycles. The minimum Gasteiger partial charge on any atom is -0.389 e. The molecule has 0 spiro atoms. The normalized spacial score (nSPS) is 56.2. The Hall–Kier alpha value is -0.370. The number of hydrogen-bond acceptors (Lipinski definition) is 1. The van der Waals surface area contributed by atoms with Crippen molar-refractivity contribution in [2.45, 2.75) is 77.5 Å². The van der Waals surface area contributed by atoms with Crippen LogP contribution < -0.4 is 0 Å². The van der Waals surface area contributed by atoms with Gasteiger partial charge in [-0.05, 0) is 73.5 Å². The molecular formula is C19H29FO. The number of aliphatic hydroxyl groups is 1. The summed E-state index contributed by atoms with van der Waals surface area (Å²) in [7, 11) is 0. The molecule has 1 nitrogen and oxygen atoms in total.